The molecule has 0 bridgehead atoms. The Morgan fingerprint density at radius 1 is 0.857 bits per heavy atom. The smallest absolute Gasteiger partial charge is 0.126 e. The number of hydrogen-bond acceptors (Lipinski definition) is 1. The second-order valence-electron chi connectivity index (χ2n) is 11.2. The molecule has 2 unspecified atom stereocenters. The highest BCUT2D eigenvalue weighted by Gasteiger charge is 2.35. The lowest BCUT2D eigenvalue weighted by molar-refractivity contribution is 0.487. The SMILES string of the molecule is CC(C)(C)S(=O)NC(c1cc(F)cc(F)c1)c1ccccc1P(C1CCCCC1)C1CCCCC1. The fourth-order valence-electron chi connectivity index (χ4n) is 5.71. The van der Waals surface area contributed by atoms with E-state index in [2.05, 4.69) is 22.9 Å². The molecule has 0 saturated heterocycles. The van der Waals surface area contributed by atoms with Gasteiger partial charge in [0.05, 0.1) is 21.8 Å². The van der Waals surface area contributed by atoms with Gasteiger partial charge in [-0.2, -0.15) is 0 Å². The van der Waals surface area contributed by atoms with Gasteiger partial charge in [-0.25, -0.2) is 17.7 Å². The highest BCUT2D eigenvalue weighted by atomic mass is 32.2. The van der Waals surface area contributed by atoms with Crippen molar-refractivity contribution < 1.29 is 13.0 Å². The van der Waals surface area contributed by atoms with E-state index in [-0.39, 0.29) is 0 Å². The third-order valence-corrected chi connectivity index (χ3v) is 12.6. The lowest BCUT2D eigenvalue weighted by Crippen LogP contribution is -2.38. The minimum absolute atomic E-state index is 0.431. The average molecular weight is 520 g/mol. The second-order valence-corrected chi connectivity index (χ2v) is 15.9. The minimum atomic E-state index is -1.40. The molecule has 192 valence electrons. The average Bonchev–Trinajstić information content (AvgIpc) is 2.83. The molecule has 2 aromatic carbocycles. The summed E-state index contributed by atoms with van der Waals surface area (Å²) in [5.41, 5.74) is 2.93. The predicted molar refractivity (Wildman–Crippen MR) is 146 cm³/mol. The molecule has 4 rings (SSSR count). The van der Waals surface area contributed by atoms with E-state index >= 15 is 0 Å². The van der Waals surface area contributed by atoms with Crippen LogP contribution in [0.4, 0.5) is 8.78 Å². The Hall–Kier alpha value is -1.16. The summed E-state index contributed by atoms with van der Waals surface area (Å²) >= 11 is 0. The first-order valence-corrected chi connectivity index (χ1v) is 15.9. The van der Waals surface area contributed by atoms with Crippen LogP contribution in [0, 0.1) is 11.6 Å². The van der Waals surface area contributed by atoms with Crippen molar-refractivity contribution in [2.75, 3.05) is 0 Å². The fraction of sp³-hybridized carbons (Fsp3) is 0.586. The van der Waals surface area contributed by atoms with Crippen molar-refractivity contribution in [2.45, 2.75) is 107 Å². The quantitative estimate of drug-likeness (QED) is 0.371. The number of halogens is 2. The number of nitrogens with one attached hydrogen (secondary N) is 1. The van der Waals surface area contributed by atoms with E-state index in [0.29, 0.717) is 16.9 Å². The first-order chi connectivity index (χ1) is 16.7. The van der Waals surface area contributed by atoms with Crippen molar-refractivity contribution in [3.63, 3.8) is 0 Å². The standard InChI is InChI=1S/C29H40F2NOPS/c1-29(2,3)35(33)32-28(21-18-22(30)20-23(31)19-21)26-16-10-11-17-27(26)34(24-12-6-4-7-13-24)25-14-8-5-9-15-25/h10-11,16-20,24-25,28,32H,4-9,12-15H2,1-3H3. The molecule has 2 saturated carbocycles. The lowest BCUT2D eigenvalue weighted by atomic mass is 9.99. The molecule has 2 fully saturated rings. The number of hydrogen-bond donors (Lipinski definition) is 1. The van der Waals surface area contributed by atoms with Gasteiger partial charge < -0.3 is 0 Å². The van der Waals surface area contributed by atoms with E-state index in [1.54, 1.807) is 0 Å². The highest BCUT2D eigenvalue weighted by molar-refractivity contribution is 7.84. The molecule has 35 heavy (non-hydrogen) atoms. The van der Waals surface area contributed by atoms with Gasteiger partial charge in [0, 0.05) is 6.07 Å². The molecule has 0 aromatic heterocycles. The van der Waals surface area contributed by atoms with Gasteiger partial charge in [0.25, 0.3) is 0 Å². The Bertz CT molecular complexity index is 974. The van der Waals surface area contributed by atoms with Gasteiger partial charge in [-0.15, -0.1) is 0 Å². The van der Waals surface area contributed by atoms with E-state index in [4.69, 9.17) is 0 Å². The Kier molecular flexibility index (Phi) is 9.16. The Balaban J connectivity index is 1.82. The molecule has 0 amide bonds. The topological polar surface area (TPSA) is 29.1 Å². The second kappa shape index (κ2) is 11.9. The van der Waals surface area contributed by atoms with Gasteiger partial charge in [0.1, 0.15) is 11.6 Å². The van der Waals surface area contributed by atoms with Crippen LogP contribution in [0.3, 0.4) is 0 Å². The molecule has 2 aliphatic rings. The maximum Gasteiger partial charge on any atom is 0.126 e. The summed E-state index contributed by atoms with van der Waals surface area (Å²) in [7, 11) is -1.83. The van der Waals surface area contributed by atoms with Crippen LogP contribution >= 0.6 is 7.92 Å². The summed E-state index contributed by atoms with van der Waals surface area (Å²) in [4.78, 5) is 0. The monoisotopic (exact) mass is 519 g/mol. The third-order valence-electron chi connectivity index (χ3n) is 7.46. The van der Waals surface area contributed by atoms with E-state index in [1.165, 1.54) is 81.6 Å². The molecule has 2 nitrogen and oxygen atoms in total. The van der Waals surface area contributed by atoms with Gasteiger partial charge in [-0.3, -0.25) is 0 Å². The Morgan fingerprint density at radius 2 is 1.37 bits per heavy atom. The number of benzene rings is 2. The van der Waals surface area contributed by atoms with Gasteiger partial charge in [-0.05, 0) is 86.3 Å². The first kappa shape index (κ1) is 26.9. The molecule has 1 N–H and O–H groups in total. The van der Waals surface area contributed by atoms with Gasteiger partial charge in [0.2, 0.25) is 0 Å². The molecular weight excluding hydrogens is 479 g/mol. The van der Waals surface area contributed by atoms with Crippen LogP contribution in [-0.2, 0) is 11.0 Å². The largest absolute Gasteiger partial charge is 0.242 e. The van der Waals surface area contributed by atoms with Crippen molar-refractivity contribution in [1.29, 1.82) is 0 Å². The van der Waals surface area contributed by atoms with E-state index in [9.17, 15) is 13.0 Å². The van der Waals surface area contributed by atoms with Gasteiger partial charge >= 0.3 is 0 Å². The normalized spacial score (nSPS) is 20.2. The summed E-state index contributed by atoms with van der Waals surface area (Å²) in [6.45, 7) is 5.76. The van der Waals surface area contributed by atoms with Crippen LogP contribution < -0.4 is 10.0 Å². The van der Waals surface area contributed by atoms with Gasteiger partial charge in [-0.1, -0.05) is 70.7 Å². The van der Waals surface area contributed by atoms with Crippen molar-refractivity contribution in [2.24, 2.45) is 0 Å². The van der Waals surface area contributed by atoms with Crippen molar-refractivity contribution in [3.05, 3.63) is 65.2 Å². The third kappa shape index (κ3) is 6.79. The summed E-state index contributed by atoms with van der Waals surface area (Å²) < 4.78 is 44.8. The molecule has 0 heterocycles. The molecule has 2 aliphatic carbocycles. The van der Waals surface area contributed by atoms with Crippen LogP contribution in [0.1, 0.15) is 102 Å². The van der Waals surface area contributed by atoms with Crippen LogP contribution in [0.5, 0.6) is 0 Å². The van der Waals surface area contributed by atoms with E-state index in [1.807, 2.05) is 26.8 Å². The van der Waals surface area contributed by atoms with E-state index in [0.717, 1.165) is 11.6 Å². The minimum Gasteiger partial charge on any atom is -0.242 e. The van der Waals surface area contributed by atoms with Crippen molar-refractivity contribution in [3.8, 4) is 0 Å². The molecule has 6 heteroatoms. The summed E-state index contributed by atoms with van der Waals surface area (Å²) in [6.07, 6.45) is 12.9. The molecule has 0 aliphatic heterocycles. The Morgan fingerprint density at radius 3 is 1.89 bits per heavy atom. The van der Waals surface area contributed by atoms with Crippen LogP contribution in [-0.4, -0.2) is 20.3 Å². The molecule has 2 aromatic rings. The summed E-state index contributed by atoms with van der Waals surface area (Å²) in [6, 6.07) is 11.6. The first-order valence-electron chi connectivity index (χ1n) is 13.3. The molecule has 0 radical (unpaired) electrons. The van der Waals surface area contributed by atoms with E-state index < -0.39 is 41.3 Å². The van der Waals surface area contributed by atoms with Crippen molar-refractivity contribution >= 4 is 24.2 Å². The fourth-order valence-corrected chi connectivity index (χ4v) is 10.5. The predicted octanol–water partition coefficient (Wildman–Crippen LogP) is 7.88. The van der Waals surface area contributed by atoms with Crippen molar-refractivity contribution in [1.82, 2.24) is 4.72 Å². The van der Waals surface area contributed by atoms with Crippen LogP contribution in [0.2, 0.25) is 0 Å². The zero-order chi connectivity index (χ0) is 25.0. The summed E-state index contributed by atoms with van der Waals surface area (Å²) in [5.74, 6) is -1.21. The number of rotatable bonds is 7. The molecular formula is C29H40F2NOPS. The van der Waals surface area contributed by atoms with Crippen LogP contribution in [0.15, 0.2) is 42.5 Å². The zero-order valence-electron chi connectivity index (χ0n) is 21.4. The highest BCUT2D eigenvalue weighted by Crippen LogP contribution is 2.56. The molecule has 0 spiro atoms. The zero-order valence-corrected chi connectivity index (χ0v) is 23.1. The maximum absolute atomic E-state index is 14.4. The Labute approximate surface area is 214 Å². The maximum atomic E-state index is 14.4. The molecule has 2 atom stereocenters. The van der Waals surface area contributed by atoms with Gasteiger partial charge in [0.15, 0.2) is 0 Å². The lowest BCUT2D eigenvalue weighted by Gasteiger charge is -2.40. The summed E-state index contributed by atoms with van der Waals surface area (Å²) in [5, 5.41) is 1.34. The van der Waals surface area contributed by atoms with Crippen LogP contribution in [0.25, 0.3) is 0 Å².